The summed E-state index contributed by atoms with van der Waals surface area (Å²) in [6, 6.07) is 13.5. The highest BCUT2D eigenvalue weighted by Gasteiger charge is 2.11. The number of carbonyl (C=O) groups is 1. The fourth-order valence-corrected chi connectivity index (χ4v) is 2.06. The van der Waals surface area contributed by atoms with E-state index >= 15 is 0 Å². The molecule has 0 bridgehead atoms. The van der Waals surface area contributed by atoms with E-state index in [1.54, 1.807) is 42.5 Å². The van der Waals surface area contributed by atoms with Crippen LogP contribution in [0.2, 0.25) is 0 Å². The summed E-state index contributed by atoms with van der Waals surface area (Å²) in [5.74, 6) is 0.138. The van der Waals surface area contributed by atoms with Gasteiger partial charge >= 0.3 is 6.16 Å². The zero-order valence-electron chi connectivity index (χ0n) is 12.4. The molecule has 0 unspecified atom stereocenters. The summed E-state index contributed by atoms with van der Waals surface area (Å²) in [4.78, 5) is 27.2. The third-order valence-corrected chi connectivity index (χ3v) is 3.45. The average Bonchev–Trinajstić information content (AvgIpc) is 2.59. The summed E-state index contributed by atoms with van der Waals surface area (Å²) in [5.41, 5.74) is 1.13. The van der Waals surface area contributed by atoms with Crippen molar-refractivity contribution < 1.29 is 24.2 Å². The van der Waals surface area contributed by atoms with Gasteiger partial charge in [0.2, 0.25) is 0 Å². The molecule has 0 atom stereocenters. The first-order chi connectivity index (χ1) is 11.6. The summed E-state index contributed by atoms with van der Waals surface area (Å²) < 4.78 is 10.1. The first kappa shape index (κ1) is 17.6. The minimum absolute atomic E-state index is 0.0297. The molecule has 0 amide bonds. The number of nitrogens with zero attached hydrogens (tertiary/aromatic N) is 1. The van der Waals surface area contributed by atoms with E-state index in [9.17, 15) is 14.9 Å². The van der Waals surface area contributed by atoms with Crippen LogP contribution in [0, 0.1) is 10.1 Å². The highest BCUT2D eigenvalue weighted by atomic mass is 32.2. The molecule has 9 heteroatoms. The molecule has 2 rings (SSSR count). The van der Waals surface area contributed by atoms with E-state index in [-0.39, 0.29) is 19.0 Å². The number of ether oxygens (including phenoxy) is 2. The molecule has 0 fully saturated rings. The van der Waals surface area contributed by atoms with Gasteiger partial charge in [-0.25, -0.2) is 4.79 Å². The second kappa shape index (κ2) is 8.75. The van der Waals surface area contributed by atoms with Crippen LogP contribution in [0.5, 0.6) is 5.75 Å². The maximum atomic E-state index is 11.8. The second-order valence-electron chi connectivity index (χ2n) is 4.51. The normalized spacial score (nSPS) is 10.0. The average molecular weight is 350 g/mol. The van der Waals surface area contributed by atoms with E-state index in [0.29, 0.717) is 5.56 Å². The predicted molar refractivity (Wildman–Crippen MR) is 85.5 cm³/mol. The van der Waals surface area contributed by atoms with Gasteiger partial charge < -0.3 is 14.3 Å². The summed E-state index contributed by atoms with van der Waals surface area (Å²) in [6.45, 7) is -0.295. The van der Waals surface area contributed by atoms with Crippen molar-refractivity contribution in [2.45, 2.75) is 18.1 Å². The minimum atomic E-state index is -0.918. The van der Waals surface area contributed by atoms with Gasteiger partial charge in [0.1, 0.15) is 19.0 Å². The molecule has 0 aliphatic carbocycles. The Morgan fingerprint density at radius 2 is 1.83 bits per heavy atom. The van der Waals surface area contributed by atoms with Gasteiger partial charge in [-0.1, -0.05) is 30.3 Å². The Hall–Kier alpha value is -2.78. The van der Waals surface area contributed by atoms with Crippen LogP contribution in [0.3, 0.4) is 0 Å². The molecule has 24 heavy (non-hydrogen) atoms. The molecule has 0 aliphatic heterocycles. The van der Waals surface area contributed by atoms with Gasteiger partial charge in [-0.05, 0) is 35.7 Å². The number of nitrogens with two attached hydrogens (primary N) is 1. The van der Waals surface area contributed by atoms with Crippen LogP contribution in [0.1, 0.15) is 11.1 Å². The van der Waals surface area contributed by atoms with Crippen LogP contribution < -0.4 is 9.88 Å². The topological polar surface area (TPSA) is 114 Å². The number of para-hydroxylation sites is 1. The van der Waals surface area contributed by atoms with Crippen LogP contribution in [0.4, 0.5) is 4.79 Å². The molecular weight excluding hydrogens is 336 g/mol. The molecule has 0 saturated heterocycles. The molecule has 0 heterocycles. The lowest BCUT2D eigenvalue weighted by Crippen LogP contribution is -2.12. The highest BCUT2D eigenvalue weighted by molar-refractivity contribution is 7.97. The summed E-state index contributed by atoms with van der Waals surface area (Å²) >= 11 is 1.12. The molecule has 2 aromatic carbocycles. The van der Waals surface area contributed by atoms with Gasteiger partial charge in [0.05, 0.1) is 0 Å². The first-order valence-electron chi connectivity index (χ1n) is 6.74. The van der Waals surface area contributed by atoms with Crippen molar-refractivity contribution in [3.05, 3.63) is 69.8 Å². The van der Waals surface area contributed by atoms with E-state index < -0.39 is 11.2 Å². The van der Waals surface area contributed by atoms with Crippen molar-refractivity contribution in [1.82, 2.24) is 0 Å². The quantitative estimate of drug-likeness (QED) is 0.266. The lowest BCUT2D eigenvalue weighted by atomic mass is 10.2. The smallest absolute Gasteiger partial charge is 0.429 e. The van der Waals surface area contributed by atoms with Gasteiger partial charge in [0, 0.05) is 10.5 Å². The maximum absolute atomic E-state index is 11.8. The van der Waals surface area contributed by atoms with Gasteiger partial charge in [0.25, 0.3) is 5.09 Å². The maximum Gasteiger partial charge on any atom is 0.514 e. The number of hydrogen-bond donors (Lipinski definition) is 1. The third kappa shape index (κ3) is 5.45. The molecule has 0 saturated carbocycles. The molecule has 2 N–H and O–H groups in total. The second-order valence-corrected chi connectivity index (χ2v) is 5.21. The molecule has 0 aromatic heterocycles. The SMILES string of the molecule is NSc1ccc(COC(=O)Oc2ccccc2CO[N+](=O)[O-])cc1. The third-order valence-electron chi connectivity index (χ3n) is 2.91. The van der Waals surface area contributed by atoms with E-state index in [2.05, 4.69) is 4.84 Å². The molecule has 0 spiro atoms. The molecule has 8 nitrogen and oxygen atoms in total. The Morgan fingerprint density at radius 1 is 1.12 bits per heavy atom. The molecule has 0 aliphatic rings. The Bertz CT molecular complexity index is 707. The number of benzene rings is 2. The fraction of sp³-hybridized carbons (Fsp3) is 0.133. The highest BCUT2D eigenvalue weighted by Crippen LogP contribution is 2.20. The molecule has 2 aromatic rings. The molecule has 0 radical (unpaired) electrons. The van der Waals surface area contributed by atoms with Gasteiger partial charge in [-0.3, -0.25) is 5.14 Å². The van der Waals surface area contributed by atoms with Crippen molar-refractivity contribution in [3.8, 4) is 5.75 Å². The van der Waals surface area contributed by atoms with Crippen LogP contribution >= 0.6 is 11.9 Å². The van der Waals surface area contributed by atoms with E-state index in [1.807, 2.05) is 0 Å². The van der Waals surface area contributed by atoms with Crippen LogP contribution in [-0.2, 0) is 22.8 Å². The molecular formula is C15H14N2O6S. The standard InChI is InChI=1S/C15H14N2O6S/c16-24-13-7-5-11(6-8-13)9-21-15(18)23-14-4-2-1-3-12(14)10-22-17(19)20/h1-8H,9-10,16H2. The van der Waals surface area contributed by atoms with Crippen molar-refractivity contribution in [1.29, 1.82) is 0 Å². The van der Waals surface area contributed by atoms with Crippen molar-refractivity contribution in [2.75, 3.05) is 0 Å². The van der Waals surface area contributed by atoms with E-state index in [4.69, 9.17) is 14.6 Å². The fourth-order valence-electron chi connectivity index (χ4n) is 1.77. The molecule has 126 valence electrons. The van der Waals surface area contributed by atoms with Crippen LogP contribution in [-0.4, -0.2) is 11.2 Å². The summed E-state index contributed by atoms with van der Waals surface area (Å²) in [7, 11) is 0. The Kier molecular flexibility index (Phi) is 6.41. The lowest BCUT2D eigenvalue weighted by Gasteiger charge is -2.09. The first-order valence-corrected chi connectivity index (χ1v) is 7.62. The van der Waals surface area contributed by atoms with Gasteiger partial charge in [0.15, 0.2) is 0 Å². The number of hydrogen-bond acceptors (Lipinski definition) is 8. The Morgan fingerprint density at radius 3 is 2.50 bits per heavy atom. The van der Waals surface area contributed by atoms with Crippen molar-refractivity contribution in [2.24, 2.45) is 5.14 Å². The number of rotatable bonds is 7. The Labute approximate surface area is 141 Å². The van der Waals surface area contributed by atoms with E-state index in [0.717, 1.165) is 22.4 Å². The van der Waals surface area contributed by atoms with Gasteiger partial charge in [-0.15, -0.1) is 10.1 Å². The van der Waals surface area contributed by atoms with Crippen LogP contribution in [0.25, 0.3) is 0 Å². The predicted octanol–water partition coefficient (Wildman–Crippen LogP) is 3.08. The zero-order chi connectivity index (χ0) is 17.4. The zero-order valence-corrected chi connectivity index (χ0v) is 13.2. The minimum Gasteiger partial charge on any atom is -0.429 e. The lowest BCUT2D eigenvalue weighted by molar-refractivity contribution is -0.763. The monoisotopic (exact) mass is 350 g/mol. The van der Waals surface area contributed by atoms with E-state index in [1.165, 1.54) is 6.07 Å². The largest absolute Gasteiger partial charge is 0.514 e. The number of carbonyl (C=O) groups excluding carboxylic acids is 1. The Balaban J connectivity index is 1.90. The van der Waals surface area contributed by atoms with Crippen LogP contribution in [0.15, 0.2) is 53.4 Å². The van der Waals surface area contributed by atoms with Crippen molar-refractivity contribution >= 4 is 18.1 Å². The summed E-state index contributed by atoms with van der Waals surface area (Å²) in [6.07, 6.45) is -0.916. The van der Waals surface area contributed by atoms with Crippen molar-refractivity contribution in [3.63, 3.8) is 0 Å². The summed E-state index contributed by atoms with van der Waals surface area (Å²) in [5, 5.41) is 14.8. The van der Waals surface area contributed by atoms with Gasteiger partial charge in [-0.2, -0.15) is 0 Å².